The van der Waals surface area contributed by atoms with Crippen LogP contribution in [0.3, 0.4) is 0 Å². The van der Waals surface area contributed by atoms with Gasteiger partial charge in [-0.3, -0.25) is 4.79 Å². The SMILES string of the molecule is CCc1occc1C(=O)NC(CN)COC. The molecule has 1 aromatic heterocycles. The molecule has 0 aliphatic carbocycles. The van der Waals surface area contributed by atoms with E-state index in [2.05, 4.69) is 5.32 Å². The number of furan rings is 1. The molecule has 1 rings (SSSR count). The van der Waals surface area contributed by atoms with Gasteiger partial charge in [-0.15, -0.1) is 0 Å². The van der Waals surface area contributed by atoms with Gasteiger partial charge in [-0.1, -0.05) is 6.92 Å². The van der Waals surface area contributed by atoms with E-state index in [1.54, 1.807) is 13.2 Å². The molecule has 0 saturated carbocycles. The van der Waals surface area contributed by atoms with Crippen molar-refractivity contribution in [1.29, 1.82) is 0 Å². The highest BCUT2D eigenvalue weighted by atomic mass is 16.5. The molecule has 16 heavy (non-hydrogen) atoms. The number of ether oxygens (including phenoxy) is 1. The lowest BCUT2D eigenvalue weighted by atomic mass is 10.2. The molecule has 1 unspecified atom stereocenters. The number of carbonyl (C=O) groups is 1. The second-order valence-electron chi connectivity index (χ2n) is 3.47. The Balaban J connectivity index is 2.64. The topological polar surface area (TPSA) is 77.5 Å². The quantitative estimate of drug-likeness (QED) is 0.742. The van der Waals surface area contributed by atoms with Gasteiger partial charge in [-0.25, -0.2) is 0 Å². The fourth-order valence-electron chi connectivity index (χ4n) is 1.45. The van der Waals surface area contributed by atoms with Gasteiger partial charge in [0.2, 0.25) is 0 Å². The first-order valence-corrected chi connectivity index (χ1v) is 5.29. The molecule has 90 valence electrons. The van der Waals surface area contributed by atoms with Crippen LogP contribution >= 0.6 is 0 Å². The summed E-state index contributed by atoms with van der Waals surface area (Å²) in [6.07, 6.45) is 2.20. The number of hydrogen-bond acceptors (Lipinski definition) is 4. The van der Waals surface area contributed by atoms with Crippen molar-refractivity contribution in [2.24, 2.45) is 5.73 Å². The molecule has 0 aliphatic heterocycles. The van der Waals surface area contributed by atoms with Crippen LogP contribution in [0.25, 0.3) is 0 Å². The van der Waals surface area contributed by atoms with E-state index in [1.807, 2.05) is 6.92 Å². The molecule has 0 saturated heterocycles. The predicted molar refractivity (Wildman–Crippen MR) is 60.3 cm³/mol. The normalized spacial score (nSPS) is 12.4. The van der Waals surface area contributed by atoms with E-state index in [0.29, 0.717) is 30.9 Å². The van der Waals surface area contributed by atoms with Crippen molar-refractivity contribution in [3.63, 3.8) is 0 Å². The van der Waals surface area contributed by atoms with Gasteiger partial charge in [-0.2, -0.15) is 0 Å². The predicted octanol–water partition coefficient (Wildman–Crippen LogP) is 0.545. The van der Waals surface area contributed by atoms with E-state index >= 15 is 0 Å². The zero-order valence-electron chi connectivity index (χ0n) is 9.66. The Kier molecular flexibility index (Phi) is 5.01. The average molecular weight is 226 g/mol. The zero-order valence-corrected chi connectivity index (χ0v) is 9.66. The molecule has 0 radical (unpaired) electrons. The third kappa shape index (κ3) is 3.08. The number of aryl methyl sites for hydroxylation is 1. The molecular weight excluding hydrogens is 208 g/mol. The van der Waals surface area contributed by atoms with E-state index in [1.165, 1.54) is 6.26 Å². The monoisotopic (exact) mass is 226 g/mol. The lowest BCUT2D eigenvalue weighted by Crippen LogP contribution is -2.43. The maximum absolute atomic E-state index is 11.8. The average Bonchev–Trinajstić information content (AvgIpc) is 2.76. The smallest absolute Gasteiger partial charge is 0.255 e. The highest BCUT2D eigenvalue weighted by molar-refractivity contribution is 5.95. The summed E-state index contributed by atoms with van der Waals surface area (Å²) in [5.41, 5.74) is 6.08. The van der Waals surface area contributed by atoms with Crippen molar-refractivity contribution in [1.82, 2.24) is 5.32 Å². The summed E-state index contributed by atoms with van der Waals surface area (Å²) in [6, 6.07) is 1.49. The molecule has 0 bridgehead atoms. The van der Waals surface area contributed by atoms with Crippen LogP contribution in [0.1, 0.15) is 23.0 Å². The molecule has 1 amide bonds. The molecule has 3 N–H and O–H groups in total. The lowest BCUT2D eigenvalue weighted by Gasteiger charge is -2.15. The summed E-state index contributed by atoms with van der Waals surface area (Å²) in [7, 11) is 1.57. The molecule has 0 aromatic carbocycles. The highest BCUT2D eigenvalue weighted by Gasteiger charge is 2.16. The molecule has 0 spiro atoms. The van der Waals surface area contributed by atoms with Gasteiger partial charge in [0.1, 0.15) is 5.76 Å². The second-order valence-corrected chi connectivity index (χ2v) is 3.47. The van der Waals surface area contributed by atoms with Crippen LogP contribution in [0.5, 0.6) is 0 Å². The molecule has 1 aromatic rings. The highest BCUT2D eigenvalue weighted by Crippen LogP contribution is 2.11. The van der Waals surface area contributed by atoms with Gasteiger partial charge in [0.05, 0.1) is 24.5 Å². The van der Waals surface area contributed by atoms with Gasteiger partial charge in [0, 0.05) is 20.1 Å². The first-order valence-electron chi connectivity index (χ1n) is 5.29. The Morgan fingerprint density at radius 2 is 2.44 bits per heavy atom. The van der Waals surface area contributed by atoms with Gasteiger partial charge >= 0.3 is 0 Å². The second kappa shape index (κ2) is 6.30. The minimum absolute atomic E-state index is 0.168. The Labute approximate surface area is 94.9 Å². The maximum atomic E-state index is 11.8. The first kappa shape index (κ1) is 12.7. The molecule has 1 atom stereocenters. The van der Waals surface area contributed by atoms with E-state index in [9.17, 15) is 4.79 Å². The fraction of sp³-hybridized carbons (Fsp3) is 0.545. The van der Waals surface area contributed by atoms with Crippen LogP contribution < -0.4 is 11.1 Å². The van der Waals surface area contributed by atoms with Gasteiger partial charge in [0.15, 0.2) is 0 Å². The summed E-state index contributed by atoms with van der Waals surface area (Å²) >= 11 is 0. The van der Waals surface area contributed by atoms with Crippen LogP contribution in [-0.2, 0) is 11.2 Å². The Hall–Kier alpha value is -1.33. The van der Waals surface area contributed by atoms with Gasteiger partial charge < -0.3 is 20.2 Å². The molecule has 5 nitrogen and oxygen atoms in total. The summed E-state index contributed by atoms with van der Waals surface area (Å²) in [4.78, 5) is 11.8. The van der Waals surface area contributed by atoms with Crippen molar-refractivity contribution in [3.05, 3.63) is 23.7 Å². The number of amides is 1. The van der Waals surface area contributed by atoms with Gasteiger partial charge in [-0.05, 0) is 6.07 Å². The molecule has 0 fully saturated rings. The van der Waals surface area contributed by atoms with Gasteiger partial charge in [0.25, 0.3) is 5.91 Å². The van der Waals surface area contributed by atoms with E-state index in [0.717, 1.165) is 0 Å². The number of methoxy groups -OCH3 is 1. The molecule has 5 heteroatoms. The Morgan fingerprint density at radius 3 is 3.00 bits per heavy atom. The van der Waals surface area contributed by atoms with E-state index in [4.69, 9.17) is 14.9 Å². The largest absolute Gasteiger partial charge is 0.469 e. The van der Waals surface area contributed by atoms with Crippen LogP contribution in [0.2, 0.25) is 0 Å². The van der Waals surface area contributed by atoms with Crippen LogP contribution in [0.15, 0.2) is 16.7 Å². The van der Waals surface area contributed by atoms with Crippen molar-refractivity contribution in [2.75, 3.05) is 20.3 Å². The summed E-state index contributed by atoms with van der Waals surface area (Å²) in [6.45, 7) is 2.69. The Bertz CT molecular complexity index is 336. The number of carbonyl (C=O) groups excluding carboxylic acids is 1. The number of nitrogens with one attached hydrogen (secondary N) is 1. The van der Waals surface area contributed by atoms with E-state index < -0.39 is 0 Å². The third-order valence-electron chi connectivity index (χ3n) is 2.30. The maximum Gasteiger partial charge on any atom is 0.255 e. The molecule has 0 aliphatic rings. The molecular formula is C11H18N2O3. The lowest BCUT2D eigenvalue weighted by molar-refractivity contribution is 0.0898. The standard InChI is InChI=1S/C11H18N2O3/c1-3-10-9(4-5-16-10)11(14)13-8(6-12)7-15-2/h4-5,8H,3,6-7,12H2,1-2H3,(H,13,14). The number of rotatable bonds is 6. The van der Waals surface area contributed by atoms with Crippen LogP contribution in [0, 0.1) is 0 Å². The number of hydrogen-bond donors (Lipinski definition) is 2. The van der Waals surface area contributed by atoms with Crippen LogP contribution in [0.4, 0.5) is 0 Å². The summed E-state index contributed by atoms with van der Waals surface area (Å²) in [5.74, 6) is 0.517. The number of nitrogens with two attached hydrogens (primary N) is 1. The Morgan fingerprint density at radius 1 is 1.69 bits per heavy atom. The first-order chi connectivity index (χ1) is 7.72. The van der Waals surface area contributed by atoms with Crippen molar-refractivity contribution < 1.29 is 13.9 Å². The molecule has 1 heterocycles. The minimum Gasteiger partial charge on any atom is -0.469 e. The zero-order chi connectivity index (χ0) is 12.0. The van der Waals surface area contributed by atoms with Crippen molar-refractivity contribution in [3.8, 4) is 0 Å². The minimum atomic E-state index is -0.169. The summed E-state index contributed by atoms with van der Waals surface area (Å²) < 4.78 is 10.1. The van der Waals surface area contributed by atoms with Crippen molar-refractivity contribution in [2.45, 2.75) is 19.4 Å². The fourth-order valence-corrected chi connectivity index (χ4v) is 1.45. The summed E-state index contributed by atoms with van der Waals surface area (Å²) in [5, 5.41) is 2.80. The van der Waals surface area contributed by atoms with Crippen molar-refractivity contribution >= 4 is 5.91 Å². The third-order valence-corrected chi connectivity index (χ3v) is 2.30. The van der Waals surface area contributed by atoms with E-state index in [-0.39, 0.29) is 11.9 Å². The van der Waals surface area contributed by atoms with Crippen LogP contribution in [-0.4, -0.2) is 32.2 Å².